The zero-order valence-corrected chi connectivity index (χ0v) is 13.3. The van der Waals surface area contributed by atoms with Crippen LogP contribution in [0.4, 0.5) is 0 Å². The SMILES string of the molecule is O=C(O)c1cc(C(=O)O)cc(-c2cc(C(=O)Cl)cc(C(=O)Cl)c2)c1. The first-order valence-electron chi connectivity index (χ1n) is 6.36. The molecule has 0 aliphatic carbocycles. The van der Waals surface area contributed by atoms with E-state index in [9.17, 15) is 19.2 Å². The summed E-state index contributed by atoms with van der Waals surface area (Å²) in [5.41, 5.74) is -0.161. The summed E-state index contributed by atoms with van der Waals surface area (Å²) in [4.78, 5) is 45.1. The van der Waals surface area contributed by atoms with Crippen molar-refractivity contribution in [3.05, 3.63) is 58.7 Å². The minimum absolute atomic E-state index is 0.0317. The normalized spacial score (nSPS) is 10.2. The number of carbonyl (C=O) groups is 4. The molecule has 0 amide bonds. The van der Waals surface area contributed by atoms with Crippen molar-refractivity contribution in [3.63, 3.8) is 0 Å². The molecule has 0 aliphatic rings. The fourth-order valence-corrected chi connectivity index (χ4v) is 2.28. The van der Waals surface area contributed by atoms with Crippen LogP contribution in [0.25, 0.3) is 11.1 Å². The third-order valence-corrected chi connectivity index (χ3v) is 3.58. The lowest BCUT2D eigenvalue weighted by Crippen LogP contribution is -2.03. The largest absolute Gasteiger partial charge is 0.478 e. The van der Waals surface area contributed by atoms with Crippen molar-refractivity contribution in [1.29, 1.82) is 0 Å². The zero-order chi connectivity index (χ0) is 18.0. The van der Waals surface area contributed by atoms with Crippen LogP contribution in [0.2, 0.25) is 0 Å². The number of aromatic carboxylic acids is 2. The number of carbonyl (C=O) groups excluding carboxylic acids is 2. The molecular formula is C16H8Cl2O6. The number of benzene rings is 2. The third-order valence-electron chi connectivity index (χ3n) is 3.15. The molecule has 6 nitrogen and oxygen atoms in total. The predicted octanol–water partition coefficient (Wildman–Crippen LogP) is 3.51. The van der Waals surface area contributed by atoms with Crippen LogP contribution in [-0.4, -0.2) is 32.6 Å². The van der Waals surface area contributed by atoms with Crippen LogP contribution >= 0.6 is 23.2 Å². The second kappa shape index (κ2) is 6.82. The average Bonchev–Trinajstić information content (AvgIpc) is 2.53. The van der Waals surface area contributed by atoms with Crippen molar-refractivity contribution >= 4 is 45.6 Å². The molecule has 0 aliphatic heterocycles. The highest BCUT2D eigenvalue weighted by atomic mass is 35.5. The second-order valence-electron chi connectivity index (χ2n) is 4.76. The van der Waals surface area contributed by atoms with Gasteiger partial charge in [0.1, 0.15) is 0 Å². The summed E-state index contributed by atoms with van der Waals surface area (Å²) in [5, 5.41) is 16.5. The standard InChI is InChI=1S/C16H8Cl2O6/c17-13(19)9-1-7(2-10(5-9)14(18)20)8-3-11(15(21)22)6-12(4-8)16(23)24/h1-6H,(H,21,22)(H,23,24). The summed E-state index contributed by atoms with van der Waals surface area (Å²) in [6.07, 6.45) is 0. The van der Waals surface area contributed by atoms with Crippen LogP contribution in [0.15, 0.2) is 36.4 Å². The Morgan fingerprint density at radius 1 is 0.583 bits per heavy atom. The molecule has 2 rings (SSSR count). The van der Waals surface area contributed by atoms with Crippen molar-refractivity contribution in [2.45, 2.75) is 0 Å². The topological polar surface area (TPSA) is 109 Å². The molecule has 2 N–H and O–H groups in total. The molecule has 8 heteroatoms. The highest BCUT2D eigenvalue weighted by Gasteiger charge is 2.15. The van der Waals surface area contributed by atoms with Gasteiger partial charge in [-0.15, -0.1) is 0 Å². The van der Waals surface area contributed by atoms with Gasteiger partial charge in [0.05, 0.1) is 11.1 Å². The van der Waals surface area contributed by atoms with Gasteiger partial charge < -0.3 is 10.2 Å². The highest BCUT2D eigenvalue weighted by Crippen LogP contribution is 2.26. The molecule has 24 heavy (non-hydrogen) atoms. The molecule has 0 bridgehead atoms. The number of rotatable bonds is 5. The maximum absolute atomic E-state index is 11.4. The second-order valence-corrected chi connectivity index (χ2v) is 5.44. The monoisotopic (exact) mass is 366 g/mol. The van der Waals surface area contributed by atoms with Crippen LogP contribution in [-0.2, 0) is 0 Å². The number of carboxylic acid groups (broad SMARTS) is 2. The van der Waals surface area contributed by atoms with Gasteiger partial charge in [-0.05, 0) is 70.7 Å². The Morgan fingerprint density at radius 3 is 1.17 bits per heavy atom. The Morgan fingerprint density at radius 2 is 0.875 bits per heavy atom. The van der Waals surface area contributed by atoms with Gasteiger partial charge in [0, 0.05) is 11.1 Å². The zero-order valence-electron chi connectivity index (χ0n) is 11.7. The first-order chi connectivity index (χ1) is 11.2. The van der Waals surface area contributed by atoms with E-state index in [1.54, 1.807) is 0 Å². The lowest BCUT2D eigenvalue weighted by molar-refractivity contribution is 0.0696. The number of hydrogen-bond acceptors (Lipinski definition) is 4. The van der Waals surface area contributed by atoms with E-state index in [0.29, 0.717) is 0 Å². The lowest BCUT2D eigenvalue weighted by atomic mass is 9.96. The van der Waals surface area contributed by atoms with Crippen LogP contribution in [0.1, 0.15) is 41.4 Å². The summed E-state index contributed by atoms with van der Waals surface area (Å²) in [5.74, 6) is -2.64. The molecule has 0 saturated carbocycles. The quantitative estimate of drug-likeness (QED) is 0.783. The van der Waals surface area contributed by atoms with Crippen molar-refractivity contribution in [2.24, 2.45) is 0 Å². The van der Waals surface area contributed by atoms with E-state index >= 15 is 0 Å². The van der Waals surface area contributed by atoms with E-state index in [4.69, 9.17) is 33.4 Å². The number of carboxylic acids is 2. The number of halogens is 2. The van der Waals surface area contributed by atoms with Crippen molar-refractivity contribution in [3.8, 4) is 11.1 Å². The third kappa shape index (κ3) is 3.79. The Bertz CT molecular complexity index is 750. The van der Waals surface area contributed by atoms with E-state index in [1.807, 2.05) is 0 Å². The van der Waals surface area contributed by atoms with E-state index in [-0.39, 0.29) is 33.4 Å². The average molecular weight is 367 g/mol. The summed E-state index contributed by atoms with van der Waals surface area (Å²) >= 11 is 10.8. The van der Waals surface area contributed by atoms with Gasteiger partial charge in [0.25, 0.3) is 10.5 Å². The lowest BCUT2D eigenvalue weighted by Gasteiger charge is -2.08. The molecular weight excluding hydrogens is 359 g/mol. The molecule has 0 saturated heterocycles. The molecule has 2 aromatic carbocycles. The van der Waals surface area contributed by atoms with Crippen LogP contribution in [0, 0.1) is 0 Å². The summed E-state index contributed by atoms with van der Waals surface area (Å²) in [6, 6.07) is 7.24. The van der Waals surface area contributed by atoms with Gasteiger partial charge in [-0.3, -0.25) is 9.59 Å². The van der Waals surface area contributed by atoms with Crippen molar-refractivity contribution in [2.75, 3.05) is 0 Å². The van der Waals surface area contributed by atoms with Crippen molar-refractivity contribution < 1.29 is 29.4 Å². The smallest absolute Gasteiger partial charge is 0.335 e. The Hall–Kier alpha value is -2.70. The molecule has 122 valence electrons. The van der Waals surface area contributed by atoms with Gasteiger partial charge in [-0.25, -0.2) is 9.59 Å². The molecule has 0 radical (unpaired) electrons. The summed E-state index contributed by atoms with van der Waals surface area (Å²) in [6.45, 7) is 0. The summed E-state index contributed by atoms with van der Waals surface area (Å²) in [7, 11) is 0. The Balaban J connectivity index is 2.74. The molecule has 0 heterocycles. The van der Waals surface area contributed by atoms with Gasteiger partial charge in [0.2, 0.25) is 0 Å². The van der Waals surface area contributed by atoms with Crippen LogP contribution in [0.3, 0.4) is 0 Å². The summed E-state index contributed by atoms with van der Waals surface area (Å²) < 4.78 is 0. The number of hydrogen-bond donors (Lipinski definition) is 2. The fraction of sp³-hybridized carbons (Fsp3) is 0. The van der Waals surface area contributed by atoms with E-state index in [1.165, 1.54) is 30.3 Å². The minimum Gasteiger partial charge on any atom is -0.478 e. The van der Waals surface area contributed by atoms with E-state index in [0.717, 1.165) is 6.07 Å². The Labute approximate surface area is 145 Å². The van der Waals surface area contributed by atoms with Gasteiger partial charge in [-0.2, -0.15) is 0 Å². The minimum atomic E-state index is -1.32. The Kier molecular flexibility index (Phi) is 5.02. The molecule has 0 spiro atoms. The maximum Gasteiger partial charge on any atom is 0.335 e. The van der Waals surface area contributed by atoms with Crippen LogP contribution < -0.4 is 0 Å². The molecule has 0 aromatic heterocycles. The molecule has 0 unspecified atom stereocenters. The molecule has 0 fully saturated rings. The highest BCUT2D eigenvalue weighted by molar-refractivity contribution is 6.69. The van der Waals surface area contributed by atoms with Crippen molar-refractivity contribution in [1.82, 2.24) is 0 Å². The fourth-order valence-electron chi connectivity index (χ4n) is 2.06. The first-order valence-corrected chi connectivity index (χ1v) is 7.11. The van der Waals surface area contributed by atoms with E-state index < -0.39 is 22.4 Å². The predicted molar refractivity (Wildman–Crippen MR) is 86.2 cm³/mol. The van der Waals surface area contributed by atoms with Gasteiger partial charge in [0.15, 0.2) is 0 Å². The molecule has 2 aromatic rings. The van der Waals surface area contributed by atoms with Crippen LogP contribution in [0.5, 0.6) is 0 Å². The van der Waals surface area contributed by atoms with E-state index in [2.05, 4.69) is 0 Å². The van der Waals surface area contributed by atoms with Gasteiger partial charge >= 0.3 is 11.9 Å². The van der Waals surface area contributed by atoms with Gasteiger partial charge in [-0.1, -0.05) is 0 Å². The first kappa shape index (κ1) is 17.7. The molecule has 0 atom stereocenters. The maximum atomic E-state index is 11.4.